The van der Waals surface area contributed by atoms with E-state index in [2.05, 4.69) is 26.2 Å². The van der Waals surface area contributed by atoms with Crippen LogP contribution in [0.25, 0.3) is 10.9 Å². The molecule has 11 heteroatoms. The van der Waals surface area contributed by atoms with Crippen molar-refractivity contribution in [1.29, 1.82) is 0 Å². The van der Waals surface area contributed by atoms with Crippen LogP contribution in [0.1, 0.15) is 0 Å². The van der Waals surface area contributed by atoms with Crippen LogP contribution in [0, 0.1) is 10.1 Å². The Morgan fingerprint density at radius 2 is 2.03 bits per heavy atom. The van der Waals surface area contributed by atoms with Gasteiger partial charge in [0, 0.05) is 29.0 Å². The summed E-state index contributed by atoms with van der Waals surface area (Å²) in [6.07, 6.45) is 0. The van der Waals surface area contributed by atoms with E-state index in [0.717, 1.165) is 4.47 Å². The normalized spacial score (nSPS) is 11.1. The second-order valence-corrected chi connectivity index (χ2v) is 6.78. The Morgan fingerprint density at radius 1 is 1.28 bits per heavy atom. The number of benzene rings is 2. The first-order chi connectivity index (χ1) is 13.8. The molecule has 29 heavy (non-hydrogen) atoms. The molecule has 10 nitrogen and oxygen atoms in total. The average molecular weight is 463 g/mol. The fourth-order valence-corrected chi connectivity index (χ4v) is 2.99. The third kappa shape index (κ3) is 4.19. The van der Waals surface area contributed by atoms with Gasteiger partial charge in [0.25, 0.3) is 5.69 Å². The van der Waals surface area contributed by atoms with E-state index in [1.165, 1.54) is 29.9 Å². The van der Waals surface area contributed by atoms with Gasteiger partial charge in [-0.05, 0) is 24.3 Å². The highest BCUT2D eigenvalue weighted by atomic mass is 79.9. The minimum atomic E-state index is -0.711. The molecule has 0 atom stereocenters. The summed E-state index contributed by atoms with van der Waals surface area (Å²) < 4.78 is 12.7. The number of fused-ring (bicyclic) bond motifs is 1. The van der Waals surface area contributed by atoms with Gasteiger partial charge >= 0.3 is 5.91 Å². The van der Waals surface area contributed by atoms with Gasteiger partial charge < -0.3 is 19.1 Å². The molecule has 0 spiro atoms. The van der Waals surface area contributed by atoms with E-state index in [4.69, 9.17) is 9.47 Å². The van der Waals surface area contributed by atoms with Crippen molar-refractivity contribution < 1.29 is 24.3 Å². The highest BCUT2D eigenvalue weighted by Gasteiger charge is 2.18. The number of hydrogen-bond donors (Lipinski definition) is 1. The molecule has 1 N–H and O–H groups in total. The van der Waals surface area contributed by atoms with E-state index in [9.17, 15) is 20.0 Å². The quantitative estimate of drug-likeness (QED) is 0.331. The molecule has 3 aromatic rings. The van der Waals surface area contributed by atoms with Crippen LogP contribution >= 0.6 is 15.9 Å². The van der Waals surface area contributed by atoms with Gasteiger partial charge in [-0.25, -0.2) is 0 Å². The van der Waals surface area contributed by atoms with Crippen molar-refractivity contribution >= 4 is 44.1 Å². The monoisotopic (exact) mass is 462 g/mol. The first kappa shape index (κ1) is 20.3. The molecule has 0 fully saturated rings. The van der Waals surface area contributed by atoms with E-state index in [1.54, 1.807) is 25.2 Å². The number of hydrogen-bond acceptors (Lipinski definition) is 7. The van der Waals surface area contributed by atoms with Gasteiger partial charge in [-0.1, -0.05) is 15.9 Å². The number of azo groups is 1. The summed E-state index contributed by atoms with van der Waals surface area (Å²) in [4.78, 5) is 22.5. The maximum Gasteiger partial charge on any atom is 0.302 e. The molecule has 0 unspecified atom stereocenters. The minimum absolute atomic E-state index is 0.0410. The molecule has 0 bridgehead atoms. The van der Waals surface area contributed by atoms with E-state index < -0.39 is 17.4 Å². The van der Waals surface area contributed by atoms with Crippen molar-refractivity contribution in [2.75, 3.05) is 13.7 Å². The maximum atomic E-state index is 12.1. The Bertz CT molecular complexity index is 1140. The predicted octanol–water partition coefficient (Wildman–Crippen LogP) is 4.25. The number of nitro benzene ring substituents is 1. The first-order valence-electron chi connectivity index (χ1n) is 8.18. The smallest absolute Gasteiger partial charge is 0.302 e. The number of carbonyl (C=O) groups excluding carboxylic acids is 1. The highest BCUT2D eigenvalue weighted by Crippen LogP contribution is 2.39. The van der Waals surface area contributed by atoms with Crippen molar-refractivity contribution in [3.63, 3.8) is 0 Å². The fourth-order valence-electron chi connectivity index (χ4n) is 2.65. The molecule has 0 aliphatic carbocycles. The Hall–Kier alpha value is -3.47. The molecule has 150 valence electrons. The number of rotatable bonds is 6. The molecule has 0 saturated heterocycles. The lowest BCUT2D eigenvalue weighted by Gasteiger charge is -2.09. The van der Waals surface area contributed by atoms with Gasteiger partial charge in [0.2, 0.25) is 5.88 Å². The summed E-state index contributed by atoms with van der Waals surface area (Å²) in [7, 11) is 3.03. The zero-order valence-corrected chi connectivity index (χ0v) is 16.9. The standard InChI is InChI=1S/C18H15BrN4O6/c1-22-13-5-4-11(23(26)27)8-12(13)17(18(22)25)21-20-16(24)9-29-14-6-3-10(19)7-15(14)28-2/h3-8,25H,9H2,1-2H3. The van der Waals surface area contributed by atoms with E-state index in [0.29, 0.717) is 22.4 Å². The van der Waals surface area contributed by atoms with Gasteiger partial charge in [0.15, 0.2) is 23.8 Å². The van der Waals surface area contributed by atoms with Gasteiger partial charge in [0.1, 0.15) is 0 Å². The fraction of sp³-hybridized carbons (Fsp3) is 0.167. The van der Waals surface area contributed by atoms with Crippen molar-refractivity contribution in [3.05, 3.63) is 51.0 Å². The average Bonchev–Trinajstić information content (AvgIpc) is 2.94. The summed E-state index contributed by atoms with van der Waals surface area (Å²) in [5, 5.41) is 28.9. The van der Waals surface area contributed by atoms with E-state index >= 15 is 0 Å². The number of amides is 1. The second kappa shape index (κ2) is 8.27. The summed E-state index contributed by atoms with van der Waals surface area (Å²) in [5.41, 5.74) is 0.294. The Balaban J connectivity index is 1.81. The van der Waals surface area contributed by atoms with Gasteiger partial charge in [-0.2, -0.15) is 0 Å². The SMILES string of the molecule is COc1cc(Br)ccc1OCC(=O)N=Nc1c(O)n(C)c2ccc([N+](=O)[O-])cc12. The Morgan fingerprint density at radius 3 is 2.72 bits per heavy atom. The largest absolute Gasteiger partial charge is 0.493 e. The number of aromatic nitrogens is 1. The lowest BCUT2D eigenvalue weighted by Crippen LogP contribution is -2.08. The van der Waals surface area contributed by atoms with Crippen LogP contribution in [0.3, 0.4) is 0 Å². The lowest BCUT2D eigenvalue weighted by atomic mass is 10.2. The molecule has 0 radical (unpaired) electrons. The lowest BCUT2D eigenvalue weighted by molar-refractivity contribution is -0.384. The van der Waals surface area contributed by atoms with Gasteiger partial charge in [0.05, 0.1) is 17.5 Å². The second-order valence-electron chi connectivity index (χ2n) is 5.87. The summed E-state index contributed by atoms with van der Waals surface area (Å²) in [5.74, 6) is -0.199. The highest BCUT2D eigenvalue weighted by molar-refractivity contribution is 9.10. The van der Waals surface area contributed by atoms with Crippen LogP contribution in [0.15, 0.2) is 51.1 Å². The Kier molecular flexibility index (Phi) is 5.78. The number of nitro groups is 1. The molecular weight excluding hydrogens is 448 g/mol. The number of aryl methyl sites for hydroxylation is 1. The number of carbonyl (C=O) groups is 1. The molecular formula is C18H15BrN4O6. The van der Waals surface area contributed by atoms with Crippen LogP contribution in [0.2, 0.25) is 0 Å². The number of methoxy groups -OCH3 is 1. The van der Waals surface area contributed by atoms with Crippen molar-refractivity contribution in [3.8, 4) is 17.4 Å². The van der Waals surface area contributed by atoms with Crippen LogP contribution < -0.4 is 9.47 Å². The topological polar surface area (TPSA) is 129 Å². The maximum absolute atomic E-state index is 12.1. The van der Waals surface area contributed by atoms with Crippen LogP contribution in [-0.4, -0.2) is 34.2 Å². The molecule has 0 aliphatic rings. The zero-order valence-electron chi connectivity index (χ0n) is 15.3. The minimum Gasteiger partial charge on any atom is -0.493 e. The number of non-ortho nitro benzene ring substituents is 1. The predicted molar refractivity (Wildman–Crippen MR) is 107 cm³/mol. The number of ether oxygens (including phenoxy) is 2. The van der Waals surface area contributed by atoms with Crippen molar-refractivity contribution in [1.82, 2.24) is 4.57 Å². The van der Waals surface area contributed by atoms with E-state index in [1.807, 2.05) is 0 Å². The van der Waals surface area contributed by atoms with Crippen LogP contribution in [0.4, 0.5) is 11.4 Å². The molecule has 1 amide bonds. The number of aromatic hydroxyl groups is 1. The van der Waals surface area contributed by atoms with Gasteiger partial charge in [-0.15, -0.1) is 10.2 Å². The Labute approximate surface area is 172 Å². The first-order valence-corrected chi connectivity index (χ1v) is 8.97. The van der Waals surface area contributed by atoms with Crippen LogP contribution in [-0.2, 0) is 11.8 Å². The summed E-state index contributed by atoms with van der Waals surface area (Å²) >= 11 is 3.31. The number of halogens is 1. The van der Waals surface area contributed by atoms with E-state index in [-0.39, 0.29) is 17.3 Å². The van der Waals surface area contributed by atoms with Gasteiger partial charge in [-0.3, -0.25) is 14.9 Å². The molecule has 1 aromatic heterocycles. The van der Waals surface area contributed by atoms with Crippen molar-refractivity contribution in [2.45, 2.75) is 0 Å². The third-order valence-corrected chi connectivity index (χ3v) is 4.57. The molecule has 3 rings (SSSR count). The summed E-state index contributed by atoms with van der Waals surface area (Å²) in [6, 6.07) is 9.09. The molecule has 0 saturated carbocycles. The van der Waals surface area contributed by atoms with Crippen molar-refractivity contribution in [2.24, 2.45) is 17.3 Å². The van der Waals surface area contributed by atoms with Crippen LogP contribution in [0.5, 0.6) is 17.4 Å². The number of nitrogens with zero attached hydrogens (tertiary/aromatic N) is 4. The third-order valence-electron chi connectivity index (χ3n) is 4.08. The zero-order chi connectivity index (χ0) is 21.1. The summed E-state index contributed by atoms with van der Waals surface area (Å²) in [6.45, 7) is -0.410. The molecule has 1 heterocycles. The molecule has 2 aromatic carbocycles. The molecule has 0 aliphatic heterocycles.